The normalized spacial score (nSPS) is 17.2. The number of urea groups is 1. The first kappa shape index (κ1) is 23.8. The van der Waals surface area contributed by atoms with E-state index in [4.69, 9.17) is 4.74 Å². The second-order valence-electron chi connectivity index (χ2n) is 8.95. The number of nitrogens with one attached hydrogen (secondary N) is 4. The quantitative estimate of drug-likeness (QED) is 0.490. The Hall–Kier alpha value is -3.39. The maximum atomic E-state index is 13.2. The molecule has 0 spiro atoms. The van der Waals surface area contributed by atoms with E-state index < -0.39 is 18.0 Å². The van der Waals surface area contributed by atoms with Gasteiger partial charge in [-0.25, -0.2) is 9.59 Å². The van der Waals surface area contributed by atoms with Crippen molar-refractivity contribution in [1.82, 2.24) is 21.3 Å². The van der Waals surface area contributed by atoms with Gasteiger partial charge in [0, 0.05) is 12.1 Å². The maximum Gasteiger partial charge on any atom is 0.330 e. The topological polar surface area (TPSA) is 109 Å². The van der Waals surface area contributed by atoms with Crippen LogP contribution in [0.5, 0.6) is 0 Å². The molecule has 4 N–H and O–H groups in total. The fourth-order valence-corrected chi connectivity index (χ4v) is 5.08. The lowest BCUT2D eigenvalue weighted by molar-refractivity contribution is -0.142. The molecule has 0 aromatic heterocycles. The second-order valence-corrected chi connectivity index (χ2v) is 8.95. The molecule has 0 radical (unpaired) electrons. The lowest BCUT2D eigenvalue weighted by Crippen LogP contribution is -2.51. The molecule has 0 saturated carbocycles. The molecule has 8 heteroatoms. The average Bonchev–Trinajstić information content (AvgIpc) is 3.24. The predicted octanol–water partition coefficient (Wildman–Crippen LogP) is 2.21. The minimum Gasteiger partial charge on any atom is -0.467 e. The number of fused-ring (bicyclic) bond motifs is 2. The highest BCUT2D eigenvalue weighted by Gasteiger charge is 2.28. The summed E-state index contributed by atoms with van der Waals surface area (Å²) in [6.07, 6.45) is 2.60. The second kappa shape index (κ2) is 10.3. The highest BCUT2D eigenvalue weighted by molar-refractivity contribution is 5.99. The first-order valence-corrected chi connectivity index (χ1v) is 11.7. The molecule has 1 aliphatic carbocycles. The van der Waals surface area contributed by atoms with Crippen LogP contribution in [0.1, 0.15) is 56.2 Å². The van der Waals surface area contributed by atoms with Crippen molar-refractivity contribution >= 4 is 17.9 Å². The van der Waals surface area contributed by atoms with Crippen LogP contribution < -0.4 is 21.3 Å². The number of carbonyl (C=O) groups excluding carboxylic acids is 3. The Morgan fingerprint density at radius 1 is 1.15 bits per heavy atom. The van der Waals surface area contributed by atoms with Crippen molar-refractivity contribution in [2.45, 2.75) is 51.7 Å². The summed E-state index contributed by atoms with van der Waals surface area (Å²) in [5.41, 5.74) is 7.09. The predicted molar refractivity (Wildman–Crippen MR) is 129 cm³/mol. The number of ether oxygens (including phenoxy) is 1. The van der Waals surface area contributed by atoms with Crippen LogP contribution in [0, 0.1) is 13.8 Å². The number of hydrogen-bond acceptors (Lipinski definition) is 5. The zero-order chi connectivity index (χ0) is 24.2. The molecule has 34 heavy (non-hydrogen) atoms. The Morgan fingerprint density at radius 2 is 1.94 bits per heavy atom. The van der Waals surface area contributed by atoms with E-state index in [-0.39, 0.29) is 18.5 Å². The third-order valence-electron chi connectivity index (χ3n) is 6.79. The summed E-state index contributed by atoms with van der Waals surface area (Å²) in [4.78, 5) is 38.1. The number of benzene rings is 2. The highest BCUT2D eigenvalue weighted by Crippen LogP contribution is 2.30. The summed E-state index contributed by atoms with van der Waals surface area (Å²) in [6.45, 7) is 5.42. The van der Waals surface area contributed by atoms with Crippen LogP contribution in [0.25, 0.3) is 0 Å². The first-order chi connectivity index (χ1) is 16.4. The van der Waals surface area contributed by atoms with E-state index in [2.05, 4.69) is 27.3 Å². The van der Waals surface area contributed by atoms with Crippen LogP contribution in [0.4, 0.5) is 4.79 Å². The molecule has 2 atom stereocenters. The Labute approximate surface area is 199 Å². The van der Waals surface area contributed by atoms with Crippen molar-refractivity contribution < 1.29 is 19.1 Å². The SMILES string of the molecule is COC(=O)[C@H](CNC(=O)NC1CCc2ccccc21)NC(=O)c1c(C)cc2c(c1C)CCNC2. The average molecular weight is 465 g/mol. The van der Waals surface area contributed by atoms with Crippen molar-refractivity contribution in [1.29, 1.82) is 0 Å². The smallest absolute Gasteiger partial charge is 0.330 e. The van der Waals surface area contributed by atoms with Gasteiger partial charge in [-0.3, -0.25) is 4.79 Å². The summed E-state index contributed by atoms with van der Waals surface area (Å²) in [6, 6.07) is 8.60. The van der Waals surface area contributed by atoms with Crippen LogP contribution in [0.15, 0.2) is 30.3 Å². The Morgan fingerprint density at radius 3 is 2.74 bits per heavy atom. The van der Waals surface area contributed by atoms with Crippen LogP contribution in [0.2, 0.25) is 0 Å². The molecule has 1 heterocycles. The maximum absolute atomic E-state index is 13.2. The number of aryl methyl sites for hydroxylation is 2. The molecule has 8 nitrogen and oxygen atoms in total. The summed E-state index contributed by atoms with van der Waals surface area (Å²) in [7, 11) is 1.26. The number of esters is 1. The molecule has 0 bridgehead atoms. The minimum atomic E-state index is -1.00. The summed E-state index contributed by atoms with van der Waals surface area (Å²) < 4.78 is 4.88. The molecule has 2 aromatic rings. The van der Waals surface area contributed by atoms with E-state index in [0.29, 0.717) is 5.56 Å². The van der Waals surface area contributed by atoms with Gasteiger partial charge in [0.05, 0.1) is 19.7 Å². The molecule has 180 valence electrons. The van der Waals surface area contributed by atoms with Gasteiger partial charge in [-0.15, -0.1) is 0 Å². The van der Waals surface area contributed by atoms with Gasteiger partial charge in [0.2, 0.25) is 0 Å². The Kier molecular flexibility index (Phi) is 7.17. The van der Waals surface area contributed by atoms with E-state index in [1.165, 1.54) is 23.8 Å². The largest absolute Gasteiger partial charge is 0.467 e. The van der Waals surface area contributed by atoms with Gasteiger partial charge in [0.1, 0.15) is 6.04 Å². The van der Waals surface area contributed by atoms with Gasteiger partial charge in [0.25, 0.3) is 5.91 Å². The van der Waals surface area contributed by atoms with Gasteiger partial charge >= 0.3 is 12.0 Å². The molecule has 3 amide bonds. The molecule has 2 aliphatic rings. The number of carbonyl (C=O) groups is 3. The Bertz CT molecular complexity index is 1110. The monoisotopic (exact) mass is 464 g/mol. The standard InChI is InChI=1S/C26H32N4O4/c1-15-12-18-13-27-11-10-19(18)16(2)23(15)24(31)29-22(25(32)34-3)14-28-26(33)30-21-9-8-17-6-4-5-7-20(17)21/h4-7,12,21-22,27H,8-11,13-14H2,1-3H3,(H,29,31)(H2,28,30,33)/t21?,22-/m0/s1. The molecule has 0 saturated heterocycles. The molecular formula is C26H32N4O4. The summed E-state index contributed by atoms with van der Waals surface area (Å²) >= 11 is 0. The van der Waals surface area contributed by atoms with Gasteiger partial charge in [-0.05, 0) is 73.0 Å². The van der Waals surface area contributed by atoms with Crippen molar-refractivity contribution in [3.8, 4) is 0 Å². The lowest BCUT2D eigenvalue weighted by Gasteiger charge is -2.24. The van der Waals surface area contributed by atoms with Crippen molar-refractivity contribution in [2.75, 3.05) is 20.2 Å². The molecule has 1 unspecified atom stereocenters. The van der Waals surface area contributed by atoms with Crippen molar-refractivity contribution in [3.63, 3.8) is 0 Å². The zero-order valence-electron chi connectivity index (χ0n) is 19.9. The van der Waals surface area contributed by atoms with E-state index in [1.54, 1.807) is 0 Å². The first-order valence-electron chi connectivity index (χ1n) is 11.7. The molecular weight excluding hydrogens is 432 g/mol. The van der Waals surface area contributed by atoms with Crippen LogP contribution in [0.3, 0.4) is 0 Å². The minimum absolute atomic E-state index is 0.0716. The van der Waals surface area contributed by atoms with Crippen LogP contribution >= 0.6 is 0 Å². The summed E-state index contributed by atoms with van der Waals surface area (Å²) in [5, 5.41) is 11.8. The van der Waals surface area contributed by atoms with Gasteiger partial charge < -0.3 is 26.0 Å². The fraction of sp³-hybridized carbons (Fsp3) is 0.423. The number of rotatable bonds is 6. The number of amides is 3. The van der Waals surface area contributed by atoms with Gasteiger partial charge in [-0.1, -0.05) is 30.3 Å². The summed E-state index contributed by atoms with van der Waals surface area (Å²) in [5.74, 6) is -0.962. The van der Waals surface area contributed by atoms with Gasteiger partial charge in [-0.2, -0.15) is 0 Å². The Balaban J connectivity index is 1.41. The van der Waals surface area contributed by atoms with E-state index in [0.717, 1.165) is 49.0 Å². The molecule has 2 aromatic carbocycles. The molecule has 0 fully saturated rings. The van der Waals surface area contributed by atoms with E-state index in [1.807, 2.05) is 38.1 Å². The fourth-order valence-electron chi connectivity index (χ4n) is 5.08. The van der Waals surface area contributed by atoms with Crippen LogP contribution in [-0.2, 0) is 28.9 Å². The zero-order valence-corrected chi connectivity index (χ0v) is 19.9. The van der Waals surface area contributed by atoms with E-state index >= 15 is 0 Å². The van der Waals surface area contributed by atoms with Crippen molar-refractivity contribution in [2.24, 2.45) is 0 Å². The third kappa shape index (κ3) is 4.92. The van der Waals surface area contributed by atoms with Crippen LogP contribution in [-0.4, -0.2) is 44.1 Å². The van der Waals surface area contributed by atoms with Gasteiger partial charge in [0.15, 0.2) is 0 Å². The van der Waals surface area contributed by atoms with Crippen molar-refractivity contribution in [3.05, 3.63) is 69.3 Å². The molecule has 4 rings (SSSR count). The highest BCUT2D eigenvalue weighted by atomic mass is 16.5. The third-order valence-corrected chi connectivity index (χ3v) is 6.79. The van der Waals surface area contributed by atoms with E-state index in [9.17, 15) is 14.4 Å². The lowest BCUT2D eigenvalue weighted by atomic mass is 9.89. The number of hydrogen-bond donors (Lipinski definition) is 4. The number of methoxy groups -OCH3 is 1. The molecule has 1 aliphatic heterocycles.